The number of aromatic amines is 1. The molecule has 2 rings (SSSR count). The zero-order valence-electron chi connectivity index (χ0n) is 10.9. The summed E-state index contributed by atoms with van der Waals surface area (Å²) in [4.78, 5) is 13.3. The fourth-order valence-electron chi connectivity index (χ4n) is 1.64. The van der Waals surface area contributed by atoms with Crippen molar-refractivity contribution >= 4 is 27.3 Å². The fraction of sp³-hybridized carbons (Fsp3) is 0.154. The van der Waals surface area contributed by atoms with Crippen LogP contribution in [0.1, 0.15) is 11.1 Å². The molecule has 1 aromatic heterocycles. The Morgan fingerprint density at radius 3 is 2.55 bits per heavy atom. The van der Waals surface area contributed by atoms with E-state index in [1.807, 2.05) is 19.1 Å². The molecule has 20 heavy (non-hydrogen) atoms. The normalized spacial score (nSPS) is 11.3. The highest BCUT2D eigenvalue weighted by molar-refractivity contribution is 7.92. The van der Waals surface area contributed by atoms with Gasteiger partial charge in [0.05, 0.1) is 5.69 Å². The van der Waals surface area contributed by atoms with Crippen molar-refractivity contribution in [3.63, 3.8) is 0 Å². The maximum atomic E-state index is 12.2. The van der Waals surface area contributed by atoms with Crippen LogP contribution in [0.4, 0.5) is 5.69 Å². The zero-order chi connectivity index (χ0) is 14.9. The molecule has 0 spiro atoms. The van der Waals surface area contributed by atoms with Gasteiger partial charge in [-0.3, -0.25) is 9.52 Å². The number of aromatic nitrogens is 1. The maximum Gasteiger partial charge on any atom is 0.266 e. The van der Waals surface area contributed by atoms with E-state index in [1.54, 1.807) is 13.0 Å². The van der Waals surface area contributed by atoms with E-state index in [4.69, 9.17) is 11.6 Å². The van der Waals surface area contributed by atoms with Gasteiger partial charge in [-0.15, -0.1) is 0 Å². The lowest BCUT2D eigenvalue weighted by Crippen LogP contribution is -2.16. The summed E-state index contributed by atoms with van der Waals surface area (Å²) >= 11 is 5.64. The van der Waals surface area contributed by atoms with Gasteiger partial charge in [-0.05, 0) is 37.1 Å². The maximum absolute atomic E-state index is 12.2. The van der Waals surface area contributed by atoms with Crippen molar-refractivity contribution in [2.45, 2.75) is 18.7 Å². The number of pyridine rings is 1. The third-order valence-corrected chi connectivity index (χ3v) is 4.40. The number of benzene rings is 1. The smallest absolute Gasteiger partial charge is 0.266 e. The number of H-pyrrole nitrogens is 1. The molecule has 0 atom stereocenters. The Kier molecular flexibility index (Phi) is 3.87. The molecular weight excluding hydrogens is 300 g/mol. The van der Waals surface area contributed by atoms with Crippen molar-refractivity contribution in [2.75, 3.05) is 4.72 Å². The molecule has 5 nitrogen and oxygen atoms in total. The largest absolute Gasteiger partial charge is 0.326 e. The van der Waals surface area contributed by atoms with Crippen molar-refractivity contribution in [1.29, 1.82) is 0 Å². The number of aryl methyl sites for hydroxylation is 2. The third kappa shape index (κ3) is 3.02. The van der Waals surface area contributed by atoms with E-state index in [2.05, 4.69) is 9.71 Å². The van der Waals surface area contributed by atoms with Crippen LogP contribution in [0.3, 0.4) is 0 Å². The lowest BCUT2D eigenvalue weighted by Gasteiger charge is -2.11. The van der Waals surface area contributed by atoms with E-state index in [-0.39, 0.29) is 9.92 Å². The molecule has 1 heterocycles. The first kappa shape index (κ1) is 14.6. The van der Waals surface area contributed by atoms with E-state index in [0.717, 1.165) is 23.4 Å². The number of anilines is 1. The molecule has 0 amide bonds. The predicted octanol–water partition coefficient (Wildman–Crippen LogP) is 2.45. The summed E-state index contributed by atoms with van der Waals surface area (Å²) in [5.41, 5.74) is 1.70. The number of halogens is 1. The molecule has 106 valence electrons. The molecule has 0 unspecified atom stereocenters. The lowest BCUT2D eigenvalue weighted by molar-refractivity contribution is 0.600. The van der Waals surface area contributed by atoms with Gasteiger partial charge >= 0.3 is 0 Å². The Bertz CT molecular complexity index is 813. The minimum absolute atomic E-state index is 0.0944. The summed E-state index contributed by atoms with van der Waals surface area (Å²) in [6.07, 6.45) is 1.11. The molecule has 0 aliphatic heterocycles. The molecule has 7 heteroatoms. The van der Waals surface area contributed by atoms with Gasteiger partial charge in [-0.1, -0.05) is 23.7 Å². The first-order valence-corrected chi connectivity index (χ1v) is 7.64. The second-order valence-corrected chi connectivity index (χ2v) is 6.53. The summed E-state index contributed by atoms with van der Waals surface area (Å²) in [6.45, 7) is 3.67. The molecule has 0 aliphatic rings. The van der Waals surface area contributed by atoms with Gasteiger partial charge in [-0.2, -0.15) is 0 Å². The van der Waals surface area contributed by atoms with Crippen LogP contribution >= 0.6 is 11.6 Å². The fourth-order valence-corrected chi connectivity index (χ4v) is 2.99. The van der Waals surface area contributed by atoms with Gasteiger partial charge in [0.1, 0.15) is 9.92 Å². The van der Waals surface area contributed by atoms with Crippen molar-refractivity contribution in [2.24, 2.45) is 0 Å². The highest BCUT2D eigenvalue weighted by Gasteiger charge is 2.16. The van der Waals surface area contributed by atoms with Gasteiger partial charge in [0.25, 0.3) is 15.6 Å². The first-order valence-electron chi connectivity index (χ1n) is 5.78. The Morgan fingerprint density at radius 1 is 1.20 bits per heavy atom. The van der Waals surface area contributed by atoms with Crippen molar-refractivity contribution < 1.29 is 8.42 Å². The van der Waals surface area contributed by atoms with E-state index in [9.17, 15) is 13.2 Å². The molecule has 0 radical (unpaired) electrons. The number of hydrogen-bond donors (Lipinski definition) is 2. The van der Waals surface area contributed by atoms with Crippen LogP contribution in [0.25, 0.3) is 0 Å². The highest BCUT2D eigenvalue weighted by Crippen LogP contribution is 2.21. The van der Waals surface area contributed by atoms with E-state index in [1.165, 1.54) is 0 Å². The predicted molar refractivity (Wildman–Crippen MR) is 78.8 cm³/mol. The monoisotopic (exact) mass is 312 g/mol. The highest BCUT2D eigenvalue weighted by atomic mass is 35.5. The average Bonchev–Trinajstić information content (AvgIpc) is 2.36. The van der Waals surface area contributed by atoms with Crippen LogP contribution in [0.5, 0.6) is 0 Å². The van der Waals surface area contributed by atoms with Crippen LogP contribution in [0.15, 0.2) is 40.2 Å². The molecular formula is C13H13ClN2O3S. The van der Waals surface area contributed by atoms with Gasteiger partial charge in [0.15, 0.2) is 0 Å². The molecule has 2 aromatic rings. The summed E-state index contributed by atoms with van der Waals surface area (Å²) in [6, 6.07) is 6.57. The molecule has 0 saturated carbocycles. The Hall–Kier alpha value is -1.79. The molecule has 0 fully saturated rings. The Morgan fingerprint density at radius 2 is 1.90 bits per heavy atom. The van der Waals surface area contributed by atoms with E-state index in [0.29, 0.717) is 5.69 Å². The van der Waals surface area contributed by atoms with Crippen molar-refractivity contribution in [3.8, 4) is 0 Å². The second kappa shape index (κ2) is 5.30. The number of hydrogen-bond acceptors (Lipinski definition) is 3. The van der Waals surface area contributed by atoms with Crippen LogP contribution in [-0.2, 0) is 10.0 Å². The van der Waals surface area contributed by atoms with Crippen molar-refractivity contribution in [1.82, 2.24) is 4.98 Å². The summed E-state index contributed by atoms with van der Waals surface area (Å²) in [5, 5.41) is -0.172. The van der Waals surface area contributed by atoms with Gasteiger partial charge in [-0.25, -0.2) is 8.42 Å². The Balaban J connectivity index is 2.43. The average molecular weight is 313 g/mol. The molecule has 0 saturated heterocycles. The van der Waals surface area contributed by atoms with Crippen LogP contribution in [0, 0.1) is 13.8 Å². The van der Waals surface area contributed by atoms with Crippen LogP contribution < -0.4 is 10.3 Å². The van der Waals surface area contributed by atoms with E-state index < -0.39 is 15.6 Å². The van der Waals surface area contributed by atoms with E-state index >= 15 is 0 Å². The second-order valence-electron chi connectivity index (χ2n) is 4.44. The number of sulfonamides is 1. The van der Waals surface area contributed by atoms with Gasteiger partial charge in [0, 0.05) is 6.20 Å². The SMILES string of the molecule is Cc1ccc(C)c(NS(=O)(=O)c2c[nH]c(=O)c(Cl)c2)c1. The quantitative estimate of drug-likeness (QED) is 0.913. The summed E-state index contributed by atoms with van der Waals surface area (Å²) in [5.74, 6) is 0. The minimum Gasteiger partial charge on any atom is -0.326 e. The summed E-state index contributed by atoms with van der Waals surface area (Å²) < 4.78 is 27.0. The first-order chi connectivity index (χ1) is 9.29. The van der Waals surface area contributed by atoms with Gasteiger partial charge in [0.2, 0.25) is 0 Å². The standard InChI is InChI=1S/C13H13ClN2O3S/c1-8-3-4-9(2)12(5-8)16-20(18,19)10-6-11(14)13(17)15-7-10/h3-7,16H,1-2H3,(H,15,17). The molecule has 1 aromatic carbocycles. The van der Waals surface area contributed by atoms with Crippen LogP contribution in [0.2, 0.25) is 5.02 Å². The molecule has 0 bridgehead atoms. The van der Waals surface area contributed by atoms with Crippen molar-refractivity contribution in [3.05, 3.63) is 57.0 Å². The number of nitrogens with one attached hydrogen (secondary N) is 2. The molecule has 2 N–H and O–H groups in total. The zero-order valence-corrected chi connectivity index (χ0v) is 12.5. The molecule has 0 aliphatic carbocycles. The topological polar surface area (TPSA) is 79.0 Å². The van der Waals surface area contributed by atoms with Crippen LogP contribution in [-0.4, -0.2) is 13.4 Å². The Labute approximate surface area is 121 Å². The minimum atomic E-state index is -3.80. The lowest BCUT2D eigenvalue weighted by atomic mass is 10.1. The number of rotatable bonds is 3. The van der Waals surface area contributed by atoms with Gasteiger partial charge < -0.3 is 4.98 Å². The summed E-state index contributed by atoms with van der Waals surface area (Å²) in [7, 11) is -3.80. The third-order valence-electron chi connectivity index (χ3n) is 2.78.